The predicted molar refractivity (Wildman–Crippen MR) is 89.6 cm³/mol. The number of aromatic hydroxyl groups is 1. The molecule has 0 bridgehead atoms. The molecule has 7 nitrogen and oxygen atoms in total. The third kappa shape index (κ3) is 2.81. The maximum atomic E-state index is 10.9. The molecule has 25 heavy (non-hydrogen) atoms. The van der Waals surface area contributed by atoms with E-state index in [-0.39, 0.29) is 11.4 Å². The number of rotatable bonds is 3. The lowest BCUT2D eigenvalue weighted by molar-refractivity contribution is 0.0696. The molecule has 2 N–H and O–H groups in total. The van der Waals surface area contributed by atoms with Gasteiger partial charge in [0.1, 0.15) is 0 Å². The Morgan fingerprint density at radius 3 is 2.56 bits per heavy atom. The number of hydrogen-bond acceptors (Lipinski definition) is 5. The number of hydrogen-bond donors (Lipinski definition) is 2. The summed E-state index contributed by atoms with van der Waals surface area (Å²) in [5.74, 6) is -0.868. The van der Waals surface area contributed by atoms with Crippen molar-refractivity contribution in [3.63, 3.8) is 0 Å². The Labute approximate surface area is 143 Å². The largest absolute Gasteiger partial charge is 0.493 e. The number of nitriles is 1. The number of nitrogens with zero attached hydrogens (tertiary/aromatic N) is 4. The molecule has 0 spiro atoms. The molecular formula is C18H14N4O3. The Hall–Kier alpha value is -3.66. The highest BCUT2D eigenvalue weighted by molar-refractivity contribution is 5.87. The maximum absolute atomic E-state index is 10.9. The molecule has 7 heteroatoms. The van der Waals surface area contributed by atoms with Crippen molar-refractivity contribution in [1.29, 1.82) is 5.26 Å². The minimum Gasteiger partial charge on any atom is -0.493 e. The van der Waals surface area contributed by atoms with E-state index in [1.807, 2.05) is 13.0 Å². The summed E-state index contributed by atoms with van der Waals surface area (Å²) in [5, 5.41) is 32.9. The van der Waals surface area contributed by atoms with Gasteiger partial charge in [0.2, 0.25) is 5.88 Å². The molecule has 3 rings (SSSR count). The quantitative estimate of drug-likeness (QED) is 0.761. The van der Waals surface area contributed by atoms with Crippen molar-refractivity contribution in [3.05, 3.63) is 58.9 Å². The van der Waals surface area contributed by atoms with Gasteiger partial charge in [0.25, 0.3) is 0 Å². The van der Waals surface area contributed by atoms with Gasteiger partial charge in [-0.05, 0) is 49.2 Å². The number of aryl methyl sites for hydroxylation is 2. The Morgan fingerprint density at radius 1 is 1.24 bits per heavy atom. The molecule has 0 unspecified atom stereocenters. The fourth-order valence-electron chi connectivity index (χ4n) is 2.60. The number of benzene rings is 1. The van der Waals surface area contributed by atoms with E-state index in [1.54, 1.807) is 19.1 Å². The summed E-state index contributed by atoms with van der Waals surface area (Å²) in [6.07, 6.45) is 1.21. The van der Waals surface area contributed by atoms with Crippen LogP contribution in [0.5, 0.6) is 5.88 Å². The van der Waals surface area contributed by atoms with E-state index in [9.17, 15) is 9.90 Å². The molecule has 0 amide bonds. The van der Waals surface area contributed by atoms with Crippen LogP contribution in [0.25, 0.3) is 16.9 Å². The summed E-state index contributed by atoms with van der Waals surface area (Å²) in [7, 11) is 0. The first kappa shape index (κ1) is 16.2. The fourth-order valence-corrected chi connectivity index (χ4v) is 2.60. The van der Waals surface area contributed by atoms with Crippen molar-refractivity contribution >= 4 is 5.97 Å². The third-order valence-electron chi connectivity index (χ3n) is 3.88. The van der Waals surface area contributed by atoms with Gasteiger partial charge < -0.3 is 10.2 Å². The SMILES string of the molecule is Cc1cc(-c2c(C)nn(-c3ccc(C(=O)O)cn3)c2O)ccc1C#N. The fraction of sp³-hybridized carbons (Fsp3) is 0.111. The second-order valence-electron chi connectivity index (χ2n) is 5.55. The van der Waals surface area contributed by atoms with Gasteiger partial charge in [0, 0.05) is 6.20 Å². The van der Waals surface area contributed by atoms with E-state index in [0.717, 1.165) is 11.1 Å². The third-order valence-corrected chi connectivity index (χ3v) is 3.88. The van der Waals surface area contributed by atoms with Crippen molar-refractivity contribution in [2.24, 2.45) is 0 Å². The van der Waals surface area contributed by atoms with Gasteiger partial charge in [0.15, 0.2) is 5.82 Å². The molecule has 2 aromatic heterocycles. The normalized spacial score (nSPS) is 10.4. The molecular weight excluding hydrogens is 320 g/mol. The van der Waals surface area contributed by atoms with E-state index >= 15 is 0 Å². The van der Waals surface area contributed by atoms with E-state index < -0.39 is 5.97 Å². The van der Waals surface area contributed by atoms with Crippen LogP contribution in [0.1, 0.15) is 27.2 Å². The van der Waals surface area contributed by atoms with Gasteiger partial charge in [-0.25, -0.2) is 9.78 Å². The molecule has 0 atom stereocenters. The number of aromatic carboxylic acids is 1. The zero-order valence-corrected chi connectivity index (χ0v) is 13.6. The van der Waals surface area contributed by atoms with Gasteiger partial charge >= 0.3 is 5.97 Å². The van der Waals surface area contributed by atoms with Gasteiger partial charge in [-0.1, -0.05) is 6.07 Å². The number of carboxylic acids is 1. The average molecular weight is 334 g/mol. The molecule has 2 heterocycles. The smallest absolute Gasteiger partial charge is 0.337 e. The average Bonchev–Trinajstić information content (AvgIpc) is 2.89. The molecule has 0 aliphatic heterocycles. The summed E-state index contributed by atoms with van der Waals surface area (Å²) in [6.45, 7) is 3.58. The molecule has 1 aromatic carbocycles. The number of carbonyl (C=O) groups is 1. The number of carboxylic acid groups (broad SMARTS) is 1. The van der Waals surface area contributed by atoms with E-state index in [1.165, 1.54) is 23.0 Å². The molecule has 0 saturated carbocycles. The summed E-state index contributed by atoms with van der Waals surface area (Å²) >= 11 is 0. The van der Waals surface area contributed by atoms with Crippen LogP contribution in [0, 0.1) is 25.2 Å². The van der Waals surface area contributed by atoms with Crippen LogP contribution in [-0.2, 0) is 0 Å². The van der Waals surface area contributed by atoms with E-state index in [0.29, 0.717) is 22.6 Å². The standard InChI is InChI=1S/C18H14N4O3/c1-10-7-12(3-4-13(10)8-19)16-11(2)21-22(17(16)23)15-6-5-14(9-20-15)18(24)25/h3-7,9,23H,1-2H3,(H,24,25). The van der Waals surface area contributed by atoms with Gasteiger partial charge in [-0.15, -0.1) is 0 Å². The van der Waals surface area contributed by atoms with E-state index in [2.05, 4.69) is 16.2 Å². The minimum atomic E-state index is -1.08. The molecule has 0 radical (unpaired) electrons. The molecule has 0 fully saturated rings. The van der Waals surface area contributed by atoms with Crippen molar-refractivity contribution in [3.8, 4) is 28.9 Å². The van der Waals surface area contributed by atoms with Crippen molar-refractivity contribution in [2.45, 2.75) is 13.8 Å². The predicted octanol–water partition coefficient (Wildman–Crippen LogP) is 2.83. The zero-order chi connectivity index (χ0) is 18.1. The van der Waals surface area contributed by atoms with Crippen LogP contribution in [-0.4, -0.2) is 30.9 Å². The molecule has 0 aliphatic carbocycles. The number of aromatic nitrogens is 3. The van der Waals surface area contributed by atoms with Gasteiger partial charge in [-0.3, -0.25) is 0 Å². The van der Waals surface area contributed by atoms with Crippen molar-refractivity contribution in [1.82, 2.24) is 14.8 Å². The topological polar surface area (TPSA) is 112 Å². The molecule has 124 valence electrons. The first-order valence-electron chi connectivity index (χ1n) is 7.41. The van der Waals surface area contributed by atoms with Gasteiger partial charge in [-0.2, -0.15) is 15.0 Å². The maximum Gasteiger partial charge on any atom is 0.337 e. The first-order valence-corrected chi connectivity index (χ1v) is 7.41. The van der Waals surface area contributed by atoms with Crippen LogP contribution in [0.4, 0.5) is 0 Å². The molecule has 0 aliphatic rings. The van der Waals surface area contributed by atoms with Crippen LogP contribution in [0.3, 0.4) is 0 Å². The zero-order valence-electron chi connectivity index (χ0n) is 13.6. The Kier molecular flexibility index (Phi) is 3.95. The van der Waals surface area contributed by atoms with E-state index in [4.69, 9.17) is 10.4 Å². The Balaban J connectivity index is 2.08. The summed E-state index contributed by atoms with van der Waals surface area (Å²) < 4.78 is 1.25. The van der Waals surface area contributed by atoms with Gasteiger partial charge in [0.05, 0.1) is 28.5 Å². The Bertz CT molecular complexity index is 1010. The summed E-state index contributed by atoms with van der Waals surface area (Å²) in [5.41, 5.74) is 3.28. The minimum absolute atomic E-state index is 0.0510. The second kappa shape index (κ2) is 6.09. The first-order chi connectivity index (χ1) is 11.9. The molecule has 3 aromatic rings. The highest BCUT2D eigenvalue weighted by Gasteiger charge is 2.19. The molecule has 0 saturated heterocycles. The summed E-state index contributed by atoms with van der Waals surface area (Å²) in [4.78, 5) is 14.9. The van der Waals surface area contributed by atoms with Crippen molar-refractivity contribution in [2.75, 3.05) is 0 Å². The monoisotopic (exact) mass is 334 g/mol. The number of pyridine rings is 1. The lowest BCUT2D eigenvalue weighted by atomic mass is 10.0. The van der Waals surface area contributed by atoms with Crippen LogP contribution in [0.15, 0.2) is 36.5 Å². The van der Waals surface area contributed by atoms with Crippen LogP contribution >= 0.6 is 0 Å². The van der Waals surface area contributed by atoms with Crippen molar-refractivity contribution < 1.29 is 15.0 Å². The second-order valence-corrected chi connectivity index (χ2v) is 5.55. The van der Waals surface area contributed by atoms with Crippen LogP contribution in [0.2, 0.25) is 0 Å². The Morgan fingerprint density at radius 2 is 2.00 bits per heavy atom. The highest BCUT2D eigenvalue weighted by atomic mass is 16.4. The highest BCUT2D eigenvalue weighted by Crippen LogP contribution is 2.34. The lowest BCUT2D eigenvalue weighted by Gasteiger charge is -2.05. The lowest BCUT2D eigenvalue weighted by Crippen LogP contribution is -2.02. The van der Waals surface area contributed by atoms with Crippen LogP contribution < -0.4 is 0 Å². The summed E-state index contributed by atoms with van der Waals surface area (Å²) in [6, 6.07) is 10.2.